The fourth-order valence-electron chi connectivity index (χ4n) is 1.89. The zero-order chi connectivity index (χ0) is 15.4. The molecule has 0 aliphatic heterocycles. The van der Waals surface area contributed by atoms with Gasteiger partial charge in [0.1, 0.15) is 5.75 Å². The lowest BCUT2D eigenvalue weighted by Gasteiger charge is -2.17. The van der Waals surface area contributed by atoms with E-state index in [2.05, 4.69) is 21.2 Å². The highest BCUT2D eigenvalue weighted by atomic mass is 79.9. The molecule has 0 bridgehead atoms. The first-order valence-corrected chi connectivity index (χ1v) is 7.26. The molecule has 4 nitrogen and oxygen atoms in total. The number of rotatable bonds is 5. The second-order valence-electron chi connectivity index (χ2n) is 4.32. The minimum Gasteiger partial charge on any atom is -0.495 e. The van der Waals surface area contributed by atoms with Crippen molar-refractivity contribution in [1.29, 1.82) is 0 Å². The van der Waals surface area contributed by atoms with Gasteiger partial charge in [0.05, 0.1) is 12.1 Å². The molecular weight excluding hydrogens is 358 g/mol. The van der Waals surface area contributed by atoms with Gasteiger partial charge in [-0.05, 0) is 35.9 Å². The molecule has 0 spiro atoms. The van der Waals surface area contributed by atoms with Crippen molar-refractivity contribution in [3.05, 3.63) is 57.5 Å². The van der Waals surface area contributed by atoms with Gasteiger partial charge in [-0.15, -0.1) is 0 Å². The van der Waals surface area contributed by atoms with Crippen molar-refractivity contribution in [3.63, 3.8) is 0 Å². The Hall–Kier alpha value is -1.72. The van der Waals surface area contributed by atoms with Crippen molar-refractivity contribution >= 4 is 39.2 Å². The number of nitrogens with one attached hydrogen (secondary N) is 1. The summed E-state index contributed by atoms with van der Waals surface area (Å²) in [5, 5.41) is 12.8. The first kappa shape index (κ1) is 15.7. The molecule has 0 aliphatic rings. The molecule has 0 saturated heterocycles. The van der Waals surface area contributed by atoms with E-state index >= 15 is 0 Å². The number of halogens is 2. The number of methoxy groups -OCH3 is 1. The summed E-state index contributed by atoms with van der Waals surface area (Å²) in [4.78, 5) is 11.5. The second kappa shape index (κ2) is 6.83. The fourth-order valence-corrected chi connectivity index (χ4v) is 2.56. The van der Waals surface area contributed by atoms with Crippen LogP contribution in [0.25, 0.3) is 0 Å². The molecule has 21 heavy (non-hydrogen) atoms. The third-order valence-corrected chi connectivity index (χ3v) is 3.68. The van der Waals surface area contributed by atoms with Crippen molar-refractivity contribution in [2.75, 3.05) is 12.4 Å². The molecule has 1 atom stereocenters. The number of hydrogen-bond acceptors (Lipinski definition) is 3. The lowest BCUT2D eigenvalue weighted by molar-refractivity contribution is -0.138. The molecule has 2 aromatic carbocycles. The Morgan fingerprint density at radius 2 is 2.10 bits per heavy atom. The number of ether oxygens (including phenoxy) is 1. The predicted octanol–water partition coefficient (Wildman–Crippen LogP) is 4.35. The highest BCUT2D eigenvalue weighted by Gasteiger charge is 2.20. The third kappa shape index (κ3) is 3.89. The molecule has 0 saturated carbocycles. The van der Waals surface area contributed by atoms with Crippen LogP contribution in [-0.4, -0.2) is 18.2 Å². The molecule has 2 N–H and O–H groups in total. The normalized spacial score (nSPS) is 11.8. The minimum atomic E-state index is -0.990. The van der Waals surface area contributed by atoms with Crippen molar-refractivity contribution in [1.82, 2.24) is 0 Å². The van der Waals surface area contributed by atoms with Gasteiger partial charge in [-0.25, -0.2) is 4.79 Å². The van der Waals surface area contributed by atoms with Gasteiger partial charge >= 0.3 is 5.97 Å². The van der Waals surface area contributed by atoms with Crippen LogP contribution in [0.5, 0.6) is 5.75 Å². The average Bonchev–Trinajstić information content (AvgIpc) is 2.44. The molecule has 1 unspecified atom stereocenters. The highest BCUT2D eigenvalue weighted by Crippen LogP contribution is 2.29. The molecule has 0 heterocycles. The molecule has 0 fully saturated rings. The van der Waals surface area contributed by atoms with Gasteiger partial charge in [0, 0.05) is 10.2 Å². The SMILES string of the molecule is COc1ccc(C(Nc2cccc(Br)c2)C(=O)O)cc1Cl. The lowest BCUT2D eigenvalue weighted by Crippen LogP contribution is -2.20. The summed E-state index contributed by atoms with van der Waals surface area (Å²) in [5.74, 6) is -0.483. The van der Waals surface area contributed by atoms with Crippen LogP contribution in [0, 0.1) is 0 Å². The Morgan fingerprint density at radius 3 is 2.67 bits per heavy atom. The Balaban J connectivity index is 2.31. The Labute approximate surface area is 135 Å². The van der Waals surface area contributed by atoms with Crippen molar-refractivity contribution in [3.8, 4) is 5.75 Å². The zero-order valence-electron chi connectivity index (χ0n) is 11.1. The summed E-state index contributed by atoms with van der Waals surface area (Å²) in [6.45, 7) is 0. The summed E-state index contributed by atoms with van der Waals surface area (Å²) < 4.78 is 5.93. The number of aliphatic carboxylic acids is 1. The van der Waals surface area contributed by atoms with E-state index in [9.17, 15) is 9.90 Å². The van der Waals surface area contributed by atoms with E-state index in [4.69, 9.17) is 16.3 Å². The lowest BCUT2D eigenvalue weighted by atomic mass is 10.1. The maximum atomic E-state index is 11.5. The predicted molar refractivity (Wildman–Crippen MR) is 86.1 cm³/mol. The monoisotopic (exact) mass is 369 g/mol. The average molecular weight is 371 g/mol. The highest BCUT2D eigenvalue weighted by molar-refractivity contribution is 9.10. The van der Waals surface area contributed by atoms with Crippen LogP contribution in [0.15, 0.2) is 46.9 Å². The number of carbonyl (C=O) groups is 1. The topological polar surface area (TPSA) is 58.6 Å². The van der Waals surface area contributed by atoms with Gasteiger partial charge in [0.25, 0.3) is 0 Å². The van der Waals surface area contributed by atoms with E-state index in [1.807, 2.05) is 12.1 Å². The summed E-state index contributed by atoms with van der Waals surface area (Å²) in [6.07, 6.45) is 0. The van der Waals surface area contributed by atoms with E-state index in [1.54, 1.807) is 30.3 Å². The van der Waals surface area contributed by atoms with Gasteiger partial charge in [0.15, 0.2) is 6.04 Å². The van der Waals surface area contributed by atoms with Gasteiger partial charge in [-0.3, -0.25) is 0 Å². The van der Waals surface area contributed by atoms with E-state index in [0.717, 1.165) is 4.47 Å². The van der Waals surface area contributed by atoms with Gasteiger partial charge < -0.3 is 15.2 Å². The van der Waals surface area contributed by atoms with Crippen LogP contribution < -0.4 is 10.1 Å². The molecule has 110 valence electrons. The quantitative estimate of drug-likeness (QED) is 0.821. The van der Waals surface area contributed by atoms with Crippen LogP contribution in [0.1, 0.15) is 11.6 Å². The van der Waals surface area contributed by atoms with Crippen molar-refractivity contribution in [2.45, 2.75) is 6.04 Å². The molecule has 0 aromatic heterocycles. The molecular formula is C15H13BrClNO3. The summed E-state index contributed by atoms with van der Waals surface area (Å²) in [5.41, 5.74) is 1.25. The Kier molecular flexibility index (Phi) is 5.09. The minimum absolute atomic E-state index is 0.372. The van der Waals surface area contributed by atoms with E-state index in [-0.39, 0.29) is 0 Å². The number of hydrogen-bond donors (Lipinski definition) is 2. The molecule has 0 radical (unpaired) electrons. The second-order valence-corrected chi connectivity index (χ2v) is 5.64. The first-order valence-electron chi connectivity index (χ1n) is 6.09. The van der Waals surface area contributed by atoms with Gasteiger partial charge in [-0.2, -0.15) is 0 Å². The number of carboxylic acids is 1. The number of anilines is 1. The first-order chi connectivity index (χ1) is 10.0. The van der Waals surface area contributed by atoms with Gasteiger partial charge in [0.2, 0.25) is 0 Å². The number of carboxylic acid groups (broad SMARTS) is 1. The fraction of sp³-hybridized carbons (Fsp3) is 0.133. The Morgan fingerprint density at radius 1 is 1.33 bits per heavy atom. The molecule has 6 heteroatoms. The van der Waals surface area contributed by atoms with Crippen LogP contribution >= 0.6 is 27.5 Å². The third-order valence-electron chi connectivity index (χ3n) is 2.89. The molecule has 2 aromatic rings. The van der Waals surface area contributed by atoms with E-state index in [0.29, 0.717) is 22.0 Å². The summed E-state index contributed by atoms with van der Waals surface area (Å²) in [7, 11) is 1.51. The molecule has 0 amide bonds. The Bertz CT molecular complexity index is 663. The standard InChI is InChI=1S/C15H13BrClNO3/c1-21-13-6-5-9(7-12(13)17)14(15(19)20)18-11-4-2-3-10(16)8-11/h2-8,14,18H,1H3,(H,19,20). The number of benzene rings is 2. The van der Waals surface area contributed by atoms with Crippen molar-refractivity contribution < 1.29 is 14.6 Å². The summed E-state index contributed by atoms with van der Waals surface area (Å²) in [6, 6.07) is 11.3. The van der Waals surface area contributed by atoms with Crippen molar-refractivity contribution in [2.24, 2.45) is 0 Å². The maximum absolute atomic E-state index is 11.5. The largest absolute Gasteiger partial charge is 0.495 e. The van der Waals surface area contributed by atoms with Crippen LogP contribution in [0.2, 0.25) is 5.02 Å². The van der Waals surface area contributed by atoms with Gasteiger partial charge in [-0.1, -0.05) is 39.7 Å². The van der Waals surface area contributed by atoms with E-state index in [1.165, 1.54) is 7.11 Å². The molecule has 0 aliphatic carbocycles. The zero-order valence-corrected chi connectivity index (χ0v) is 13.5. The smallest absolute Gasteiger partial charge is 0.330 e. The van der Waals surface area contributed by atoms with Crippen LogP contribution in [-0.2, 0) is 4.79 Å². The summed E-state index contributed by atoms with van der Waals surface area (Å²) >= 11 is 9.40. The van der Waals surface area contributed by atoms with Crippen LogP contribution in [0.3, 0.4) is 0 Å². The van der Waals surface area contributed by atoms with E-state index < -0.39 is 12.0 Å². The van der Waals surface area contributed by atoms with Crippen LogP contribution in [0.4, 0.5) is 5.69 Å². The molecule has 2 rings (SSSR count). The maximum Gasteiger partial charge on any atom is 0.330 e.